The molecule has 0 saturated carbocycles. The van der Waals surface area contributed by atoms with E-state index in [4.69, 9.17) is 9.72 Å². The van der Waals surface area contributed by atoms with Gasteiger partial charge in [-0.05, 0) is 22.3 Å². The molecule has 6 rings (SSSR count). The number of esters is 1. The first kappa shape index (κ1) is 23.9. The predicted octanol–water partition coefficient (Wildman–Crippen LogP) is 5.52. The largest absolute Gasteiger partial charge is 0.468 e. The third kappa shape index (κ3) is 3.92. The van der Waals surface area contributed by atoms with E-state index in [1.165, 1.54) is 7.11 Å². The number of carbonyl (C=O) groups excluding carboxylic acids is 1. The van der Waals surface area contributed by atoms with Crippen molar-refractivity contribution in [3.63, 3.8) is 0 Å². The second-order valence-electron chi connectivity index (χ2n) is 9.71. The Morgan fingerprint density at radius 3 is 1.76 bits per heavy atom. The summed E-state index contributed by atoms with van der Waals surface area (Å²) in [4.78, 5) is 17.9. The van der Waals surface area contributed by atoms with E-state index in [0.29, 0.717) is 6.42 Å². The minimum absolute atomic E-state index is 0.122. The number of aromatic nitrogens is 2. The molecule has 0 radical (unpaired) electrons. The molecule has 38 heavy (non-hydrogen) atoms. The fraction of sp³-hybridized carbons (Fsp3) is 0.152. The van der Waals surface area contributed by atoms with Crippen molar-refractivity contribution in [3.05, 3.63) is 162 Å². The van der Waals surface area contributed by atoms with E-state index in [-0.39, 0.29) is 12.0 Å². The van der Waals surface area contributed by atoms with Crippen LogP contribution in [0.3, 0.4) is 0 Å². The molecule has 1 fully saturated rings. The van der Waals surface area contributed by atoms with Gasteiger partial charge in [0.2, 0.25) is 0 Å². The summed E-state index contributed by atoms with van der Waals surface area (Å²) in [6, 6.07) is 41.3. The maximum atomic E-state index is 13.0. The molecule has 2 heterocycles. The molecule has 5 nitrogen and oxygen atoms in total. The summed E-state index contributed by atoms with van der Waals surface area (Å²) in [6.45, 7) is 0. The number of ether oxygens (including phenoxy) is 1. The zero-order chi connectivity index (χ0) is 26.0. The minimum Gasteiger partial charge on any atom is -0.468 e. The van der Waals surface area contributed by atoms with Crippen LogP contribution in [0.25, 0.3) is 0 Å². The van der Waals surface area contributed by atoms with Crippen LogP contribution in [0.15, 0.2) is 134 Å². The first-order chi connectivity index (χ1) is 18.7. The molecule has 1 N–H and O–H groups in total. The van der Waals surface area contributed by atoms with Crippen LogP contribution in [0.4, 0.5) is 0 Å². The van der Waals surface area contributed by atoms with Crippen LogP contribution >= 0.6 is 0 Å². The third-order valence-corrected chi connectivity index (χ3v) is 7.55. The molecule has 0 bridgehead atoms. The van der Waals surface area contributed by atoms with Gasteiger partial charge in [-0.25, -0.2) is 9.78 Å². The molecule has 0 aliphatic carbocycles. The minimum atomic E-state index is -0.843. The molecule has 2 atom stereocenters. The Balaban J connectivity index is 1.47. The Labute approximate surface area is 222 Å². The summed E-state index contributed by atoms with van der Waals surface area (Å²) in [6.07, 6.45) is 4.37. The second kappa shape index (κ2) is 9.77. The van der Waals surface area contributed by atoms with Crippen molar-refractivity contribution < 1.29 is 9.53 Å². The molecule has 1 aromatic heterocycles. The maximum absolute atomic E-state index is 13.0. The van der Waals surface area contributed by atoms with Crippen molar-refractivity contribution >= 4 is 5.97 Å². The highest BCUT2D eigenvalue weighted by atomic mass is 16.5. The molecular formula is C33H29N3O2. The maximum Gasteiger partial charge on any atom is 0.328 e. The number of nitrogens with zero attached hydrogens (tertiary/aromatic N) is 2. The van der Waals surface area contributed by atoms with Gasteiger partial charge < -0.3 is 9.30 Å². The molecule has 0 amide bonds. The van der Waals surface area contributed by atoms with Crippen molar-refractivity contribution in [2.24, 2.45) is 0 Å². The highest BCUT2D eigenvalue weighted by Gasteiger charge is 2.61. The summed E-state index contributed by atoms with van der Waals surface area (Å²) in [5, 5.41) is 3.42. The van der Waals surface area contributed by atoms with Crippen LogP contribution < -0.4 is 5.32 Å². The molecule has 1 saturated heterocycles. The molecule has 5 aromatic rings. The topological polar surface area (TPSA) is 66.1 Å². The molecular weight excluding hydrogens is 470 g/mol. The van der Waals surface area contributed by atoms with E-state index in [1.54, 1.807) is 0 Å². The van der Waals surface area contributed by atoms with E-state index in [0.717, 1.165) is 27.9 Å². The van der Waals surface area contributed by atoms with Gasteiger partial charge in [-0.3, -0.25) is 5.32 Å². The van der Waals surface area contributed by atoms with E-state index in [1.807, 2.05) is 54.9 Å². The van der Waals surface area contributed by atoms with E-state index < -0.39 is 11.1 Å². The SMILES string of the molecule is COC(=O)[C@]1(Cc2cn(C(c3ccccc3)(c3ccccc3)c3ccccc3)cn2)NC1c1ccccc1. The average Bonchev–Trinajstić information content (AvgIpc) is 3.54. The predicted molar refractivity (Wildman–Crippen MR) is 148 cm³/mol. The Bertz CT molecular complexity index is 1420. The number of benzene rings is 4. The normalized spacial score (nSPS) is 18.6. The molecule has 1 unspecified atom stereocenters. The van der Waals surface area contributed by atoms with Crippen molar-refractivity contribution in [3.8, 4) is 0 Å². The number of carbonyl (C=O) groups is 1. The number of hydrogen-bond acceptors (Lipinski definition) is 4. The lowest BCUT2D eigenvalue weighted by atomic mass is 9.76. The standard InChI is InChI=1S/C33H29N3O2/c1-38-31(37)32(30(35-32)25-14-6-2-7-15-25)22-29-23-36(24-34-29)33(26-16-8-3-9-17-26,27-18-10-4-11-19-27)28-20-12-5-13-21-28/h2-21,23-24,30,35H,22H2,1H3/t30?,32-/m1/s1. The third-order valence-electron chi connectivity index (χ3n) is 7.55. The monoisotopic (exact) mass is 499 g/mol. The Hall–Kier alpha value is -4.48. The fourth-order valence-electron chi connectivity index (χ4n) is 5.72. The first-order valence-electron chi connectivity index (χ1n) is 12.8. The van der Waals surface area contributed by atoms with Crippen molar-refractivity contribution in [2.45, 2.75) is 23.5 Å². The van der Waals surface area contributed by atoms with E-state index in [9.17, 15) is 4.79 Å². The van der Waals surface area contributed by atoms with Crippen LogP contribution in [0.5, 0.6) is 0 Å². The lowest BCUT2D eigenvalue weighted by Gasteiger charge is -2.37. The molecule has 5 heteroatoms. The summed E-state index contributed by atoms with van der Waals surface area (Å²) >= 11 is 0. The summed E-state index contributed by atoms with van der Waals surface area (Å²) in [5.41, 5.74) is 3.74. The zero-order valence-electron chi connectivity index (χ0n) is 21.2. The van der Waals surface area contributed by atoms with Gasteiger partial charge >= 0.3 is 5.97 Å². The van der Waals surface area contributed by atoms with Gasteiger partial charge in [0.15, 0.2) is 0 Å². The second-order valence-corrected chi connectivity index (χ2v) is 9.71. The van der Waals surface area contributed by atoms with E-state index in [2.05, 4.69) is 88.9 Å². The van der Waals surface area contributed by atoms with Crippen LogP contribution in [0.2, 0.25) is 0 Å². The van der Waals surface area contributed by atoms with Gasteiger partial charge in [-0.1, -0.05) is 121 Å². The molecule has 1 aliphatic rings. The quantitative estimate of drug-likeness (QED) is 0.173. The van der Waals surface area contributed by atoms with Crippen LogP contribution in [-0.4, -0.2) is 28.2 Å². The van der Waals surface area contributed by atoms with Gasteiger partial charge in [0.25, 0.3) is 0 Å². The highest BCUT2D eigenvalue weighted by Crippen LogP contribution is 2.45. The smallest absolute Gasteiger partial charge is 0.328 e. The average molecular weight is 500 g/mol. The van der Waals surface area contributed by atoms with Crippen molar-refractivity contribution in [1.29, 1.82) is 0 Å². The van der Waals surface area contributed by atoms with Crippen LogP contribution in [0, 0.1) is 0 Å². The van der Waals surface area contributed by atoms with Gasteiger partial charge in [-0.15, -0.1) is 0 Å². The van der Waals surface area contributed by atoms with Gasteiger partial charge in [0.1, 0.15) is 11.1 Å². The molecule has 0 spiro atoms. The van der Waals surface area contributed by atoms with Crippen molar-refractivity contribution in [2.75, 3.05) is 7.11 Å². The van der Waals surface area contributed by atoms with Gasteiger partial charge in [0, 0.05) is 12.6 Å². The molecule has 1 aliphatic heterocycles. The Morgan fingerprint density at radius 2 is 1.29 bits per heavy atom. The highest BCUT2D eigenvalue weighted by molar-refractivity contribution is 5.86. The summed E-state index contributed by atoms with van der Waals surface area (Å²) in [7, 11) is 1.44. The number of nitrogens with one attached hydrogen (secondary N) is 1. The number of rotatable bonds is 8. The molecule has 188 valence electrons. The number of hydrogen-bond donors (Lipinski definition) is 1. The van der Waals surface area contributed by atoms with Gasteiger partial charge in [-0.2, -0.15) is 0 Å². The fourth-order valence-corrected chi connectivity index (χ4v) is 5.72. The van der Waals surface area contributed by atoms with Gasteiger partial charge in [0.05, 0.1) is 25.2 Å². The summed E-state index contributed by atoms with van der Waals surface area (Å²) in [5.74, 6) is -0.277. The zero-order valence-corrected chi connectivity index (χ0v) is 21.2. The number of imidazole rings is 1. The number of methoxy groups -OCH3 is 1. The van der Waals surface area contributed by atoms with Crippen molar-refractivity contribution in [1.82, 2.24) is 14.9 Å². The summed E-state index contributed by atoms with van der Waals surface area (Å²) < 4.78 is 7.42. The Morgan fingerprint density at radius 1 is 0.816 bits per heavy atom. The van der Waals surface area contributed by atoms with E-state index >= 15 is 0 Å². The first-order valence-corrected chi connectivity index (χ1v) is 12.8. The van der Waals surface area contributed by atoms with Crippen LogP contribution in [0.1, 0.15) is 34.0 Å². The lowest BCUT2D eigenvalue weighted by Crippen LogP contribution is -2.37. The Kier molecular flexibility index (Phi) is 6.14. The van der Waals surface area contributed by atoms with Crippen LogP contribution in [-0.2, 0) is 21.5 Å². The lowest BCUT2D eigenvalue weighted by molar-refractivity contribution is -0.143. The molecule has 4 aromatic carbocycles.